The van der Waals surface area contributed by atoms with E-state index in [0.717, 1.165) is 12.1 Å². The van der Waals surface area contributed by atoms with E-state index in [1.165, 1.54) is 59.1 Å². The fraction of sp³-hybridized carbons (Fsp3) is 0.256. The van der Waals surface area contributed by atoms with Crippen LogP contribution in [0.4, 0.5) is 11.6 Å². The van der Waals surface area contributed by atoms with Crippen molar-refractivity contribution in [3.8, 4) is 34.3 Å². The molecule has 5 atom stereocenters. The summed E-state index contributed by atoms with van der Waals surface area (Å²) in [6.07, 6.45) is -3.04. The number of hydrogen-bond acceptors (Lipinski definition) is 20. The minimum atomic E-state index is -5.83. The van der Waals surface area contributed by atoms with Crippen LogP contribution in [0.25, 0.3) is 44.5 Å². The molecule has 14 N–H and O–H groups in total. The van der Waals surface area contributed by atoms with Gasteiger partial charge in [-0.25, -0.2) is 22.1 Å². The number of benzene rings is 3. The number of phosphoric acid groups is 3. The van der Waals surface area contributed by atoms with Crippen LogP contribution < -0.4 is 33.1 Å². The normalized spacial score (nSPS) is 17.9. The fourth-order valence-corrected chi connectivity index (χ4v) is 12.4. The second-order valence-corrected chi connectivity index (χ2v) is 23.1. The molecule has 2 aromatic heterocycles. The van der Waals surface area contributed by atoms with Crippen LogP contribution in [0.3, 0.4) is 0 Å². The predicted molar refractivity (Wildman–Crippen MR) is 251 cm³/mol. The summed E-state index contributed by atoms with van der Waals surface area (Å²) in [6.45, 7) is -1.25. The number of nitrogens with zero attached hydrogens (tertiary/aromatic N) is 3. The van der Waals surface area contributed by atoms with Gasteiger partial charge in [-0.05, 0) is 36.2 Å². The molecule has 2 aliphatic heterocycles. The average molecular weight is 1130 g/mol. The maximum absolute atomic E-state index is 14.1. The number of carbonyl (C=O) groups excluding carboxylic acids is 2. The second-order valence-electron chi connectivity index (χ2n) is 16.0. The van der Waals surface area contributed by atoms with E-state index in [4.69, 9.17) is 35.8 Å². The highest BCUT2D eigenvalue weighted by Gasteiger charge is 2.43. The lowest BCUT2D eigenvalue weighted by Gasteiger charge is -2.23. The monoisotopic (exact) mass is 1130 g/mol. The van der Waals surface area contributed by atoms with Crippen LogP contribution in [0.1, 0.15) is 41.4 Å². The molecule has 0 bridgehead atoms. The first kappa shape index (κ1) is 55.5. The number of amides is 2. The van der Waals surface area contributed by atoms with E-state index in [9.17, 15) is 68.9 Å². The van der Waals surface area contributed by atoms with Crippen molar-refractivity contribution in [2.24, 2.45) is 0 Å². The number of hydrogen-bond donors (Lipinski definition) is 11. The number of phosphoric ester groups is 1. The van der Waals surface area contributed by atoms with Crippen LogP contribution in [0.5, 0.6) is 0 Å². The van der Waals surface area contributed by atoms with Crippen molar-refractivity contribution in [1.29, 1.82) is 0 Å². The Morgan fingerprint density at radius 1 is 1.03 bits per heavy atom. The number of H-pyrrole nitrogens is 1. The highest BCUT2D eigenvalue weighted by atomic mass is 32.2. The molecule has 396 valence electrons. The van der Waals surface area contributed by atoms with Gasteiger partial charge < -0.3 is 64.6 Å². The third-order valence-electron chi connectivity index (χ3n) is 10.8. The molecule has 0 saturated carbocycles. The molecule has 0 spiro atoms. The average Bonchev–Trinajstić information content (AvgIpc) is 3.83. The Morgan fingerprint density at radius 3 is 2.41 bits per heavy atom. The molecule has 1 aliphatic carbocycles. The number of anilines is 2. The van der Waals surface area contributed by atoms with Gasteiger partial charge in [-0.15, -0.1) is 0 Å². The molecule has 1 fully saturated rings. The predicted octanol–water partition coefficient (Wildman–Crippen LogP) is -0.771. The van der Waals surface area contributed by atoms with Crippen molar-refractivity contribution in [3.63, 3.8) is 0 Å². The topological polar surface area (TPSA) is 492 Å². The lowest BCUT2D eigenvalue weighted by molar-refractivity contribution is -0.176. The van der Waals surface area contributed by atoms with E-state index in [1.807, 2.05) is 0 Å². The van der Waals surface area contributed by atoms with Crippen molar-refractivity contribution in [1.82, 2.24) is 24.8 Å². The van der Waals surface area contributed by atoms with Crippen molar-refractivity contribution >= 4 is 89.2 Å². The van der Waals surface area contributed by atoms with Gasteiger partial charge in [0.2, 0.25) is 22.1 Å². The van der Waals surface area contributed by atoms with Gasteiger partial charge in [0.25, 0.3) is 11.5 Å². The van der Waals surface area contributed by atoms with Crippen LogP contribution in [-0.4, -0.2) is 121 Å². The van der Waals surface area contributed by atoms with Crippen molar-refractivity contribution in [2.45, 2.75) is 47.5 Å². The Morgan fingerprint density at radius 2 is 1.73 bits per heavy atom. The van der Waals surface area contributed by atoms with Gasteiger partial charge in [-0.2, -0.15) is 22.0 Å². The summed E-state index contributed by atoms with van der Waals surface area (Å²) in [4.78, 5) is 82.5. The SMILES string of the molecule is CN(CCCC(=O)NCC#Cc1cn([C@H]2C[C@H](O)[C@@H](COP(=O)(O)OP(=O)(O)OP(=O)(O)O)O2)c2nc(N)[nH]c(=O)c12)C(=O)c1ccccc1-c1c2ccc(=[NH2+])c(S(=O)(=O)O)c-2oc2c(S(=O)(=O)[O-])c(N)ccc12. The lowest BCUT2D eigenvalue weighted by atomic mass is 9.90. The van der Waals surface area contributed by atoms with Crippen molar-refractivity contribution in [3.05, 3.63) is 81.6 Å². The maximum Gasteiger partial charge on any atom is 0.490 e. The van der Waals surface area contributed by atoms with Gasteiger partial charge in [0.05, 0.1) is 35.9 Å². The quantitative estimate of drug-likeness (QED) is 0.0176. The van der Waals surface area contributed by atoms with E-state index in [2.05, 4.69) is 40.3 Å². The second kappa shape index (κ2) is 20.8. The Kier molecular flexibility index (Phi) is 15.6. The van der Waals surface area contributed by atoms with E-state index in [-0.39, 0.29) is 82.5 Å². The molecule has 4 aromatic rings. The number of nitrogens with two attached hydrogens (primary N) is 3. The number of aromatic amines is 1. The fourth-order valence-electron chi connectivity index (χ4n) is 7.85. The van der Waals surface area contributed by atoms with Gasteiger partial charge in [0.15, 0.2) is 17.0 Å². The maximum atomic E-state index is 14.1. The van der Waals surface area contributed by atoms with Crippen LogP contribution in [0, 0.1) is 11.8 Å². The number of rotatable bonds is 17. The lowest BCUT2D eigenvalue weighted by Crippen LogP contribution is -2.47. The molecule has 35 heteroatoms. The number of fused-ring (bicyclic) bond motifs is 3. The minimum absolute atomic E-state index is 0.00316. The van der Waals surface area contributed by atoms with Gasteiger partial charge in [-0.1, -0.05) is 30.0 Å². The molecule has 4 heterocycles. The Balaban J connectivity index is 1.03. The van der Waals surface area contributed by atoms with Gasteiger partial charge in [0, 0.05) is 60.8 Å². The number of aliphatic hydroxyl groups is 1. The highest BCUT2D eigenvalue weighted by molar-refractivity contribution is 7.86. The number of ether oxygens (including phenoxy) is 1. The first-order valence-corrected chi connectivity index (χ1v) is 28.2. The van der Waals surface area contributed by atoms with Crippen molar-refractivity contribution < 1.29 is 102 Å². The van der Waals surface area contributed by atoms with E-state index >= 15 is 0 Å². The third kappa shape index (κ3) is 12.3. The summed E-state index contributed by atoms with van der Waals surface area (Å²) >= 11 is 0. The van der Waals surface area contributed by atoms with Gasteiger partial charge in [-0.3, -0.25) is 33.9 Å². The molecule has 74 heavy (non-hydrogen) atoms. The summed E-state index contributed by atoms with van der Waals surface area (Å²) in [5.74, 6) is 3.34. The molecule has 2 aromatic carbocycles. The third-order valence-corrected chi connectivity index (χ3v) is 16.5. The van der Waals surface area contributed by atoms with Gasteiger partial charge >= 0.3 is 33.6 Å². The Labute approximate surface area is 415 Å². The molecular formula is C39H41N8O22P3S2. The molecule has 30 nitrogen and oxygen atoms in total. The number of aliphatic hydroxyl groups excluding tert-OH is 1. The number of carbonyl (C=O) groups is 2. The summed E-state index contributed by atoms with van der Waals surface area (Å²) in [7, 11) is -26.2. The molecular weight excluding hydrogens is 1090 g/mol. The Bertz CT molecular complexity index is 3810. The number of nitrogens with one attached hydrogen (secondary N) is 2. The molecule has 0 radical (unpaired) electrons. The number of nitrogen functional groups attached to an aromatic ring is 2. The van der Waals surface area contributed by atoms with Crippen LogP contribution in [-0.2, 0) is 56.6 Å². The zero-order valence-electron chi connectivity index (χ0n) is 37.6. The minimum Gasteiger partial charge on any atom is -0.744 e. The molecule has 3 aliphatic rings. The first-order valence-electron chi connectivity index (χ1n) is 20.8. The highest BCUT2D eigenvalue weighted by Crippen LogP contribution is 2.66. The smallest absolute Gasteiger partial charge is 0.490 e. The van der Waals surface area contributed by atoms with E-state index in [0.29, 0.717) is 0 Å². The zero-order valence-corrected chi connectivity index (χ0v) is 41.9. The molecule has 2 amide bonds. The summed E-state index contributed by atoms with van der Waals surface area (Å²) in [5, 5.41) is 18.5. The van der Waals surface area contributed by atoms with Crippen molar-refractivity contribution in [2.75, 3.05) is 38.2 Å². The van der Waals surface area contributed by atoms with E-state index in [1.54, 1.807) is 0 Å². The van der Waals surface area contributed by atoms with Crippen LogP contribution >= 0.6 is 23.5 Å². The summed E-state index contributed by atoms with van der Waals surface area (Å²) < 4.78 is 132. The molecule has 2 unspecified atom stereocenters. The van der Waals surface area contributed by atoms with Gasteiger partial charge in [0.1, 0.15) is 27.3 Å². The van der Waals surface area contributed by atoms with E-state index < -0.39 is 118 Å². The molecule has 7 rings (SSSR count). The zero-order chi connectivity index (χ0) is 54.5. The van der Waals surface area contributed by atoms with Crippen LogP contribution in [0.2, 0.25) is 0 Å². The summed E-state index contributed by atoms with van der Waals surface area (Å²) in [6, 6.07) is 10.8. The van der Waals surface area contributed by atoms with Crippen LogP contribution in [0.15, 0.2) is 73.7 Å². The Hall–Kier alpha value is -6.20. The standard InChI is InChI=1S/C39H41N8O22P3S2/c1-46(38(51)21-8-3-2-7-20(21)31-22-10-12-24(40)34(73(59,60)61)32(22)67-33-23(31)11-13-25(41)35(33)74(62,63)64)15-5-9-28(49)43-14-4-6-19-17-47(36-30(19)37(50)45-39(42)44-36)29-16-26(48)27(66-29)18-65-71(55,56)69-72(57,58)68-70(52,53)54/h2-3,7-8,10-13,17,26-27,29,40,48H,5,9,14-16,18,41H2,1H3,(H,43,49)(H,55,56)(H,57,58)(H2,52,53,54)(H,59,60,61)(H,62,63,64)(H3,42,44,45,50)/t26-,27+,29+/m0/s1. The first-order chi connectivity index (χ1) is 34.4. The number of aromatic nitrogens is 3. The molecule has 1 saturated heterocycles. The largest absolute Gasteiger partial charge is 0.744 e. The summed E-state index contributed by atoms with van der Waals surface area (Å²) in [5.41, 5.74) is 9.73.